The van der Waals surface area contributed by atoms with Crippen LogP contribution in [0.25, 0.3) is 22.0 Å². The van der Waals surface area contributed by atoms with Crippen molar-refractivity contribution < 1.29 is 18.6 Å². The summed E-state index contributed by atoms with van der Waals surface area (Å²) in [6.45, 7) is 0.389. The Morgan fingerprint density at radius 1 is 1.15 bits per heavy atom. The Labute approximate surface area is 225 Å². The van der Waals surface area contributed by atoms with Crippen LogP contribution >= 0.6 is 0 Å². The maximum Gasteiger partial charge on any atom is 0.387 e. The van der Waals surface area contributed by atoms with Crippen molar-refractivity contribution >= 4 is 10.9 Å². The first kappa shape index (κ1) is 26.6. The molecule has 9 heteroatoms. The van der Waals surface area contributed by atoms with E-state index in [0.29, 0.717) is 27.9 Å². The summed E-state index contributed by atoms with van der Waals surface area (Å²) in [6.07, 6.45) is 11.6. The molecular weight excluding hydrogens is 502 g/mol. The number of ether oxygens (including phenoxy) is 1. The van der Waals surface area contributed by atoms with Crippen molar-refractivity contribution in [2.75, 3.05) is 0 Å². The van der Waals surface area contributed by atoms with E-state index in [2.05, 4.69) is 15.9 Å². The topological polar surface area (TPSA) is 82.2 Å². The van der Waals surface area contributed by atoms with Gasteiger partial charge in [-0.2, -0.15) is 8.78 Å². The second-order valence-electron chi connectivity index (χ2n) is 10.6. The van der Waals surface area contributed by atoms with Crippen LogP contribution in [0.1, 0.15) is 56.0 Å². The largest absolute Gasteiger partial charge is 0.434 e. The van der Waals surface area contributed by atoms with Gasteiger partial charge < -0.3 is 9.84 Å². The van der Waals surface area contributed by atoms with Crippen molar-refractivity contribution in [2.45, 2.75) is 57.8 Å². The molecule has 1 aliphatic rings. The Morgan fingerprint density at radius 3 is 2.54 bits per heavy atom. The standard InChI is InChI=1S/C30H30F2N4O3/c1-5-18-6-7-19(12-18)20-9-11-26(39-29(31)32)22(13-20)17-36-25-14-21(8-10-24(25)27(37)35(36)4)23-15-33-28(34-16-23)30(2,3)38/h1,8-11,13-16,18-19,29,38H,6-7,12,17H2,2-4H3/t18-,19-/m0/s1. The van der Waals surface area contributed by atoms with E-state index in [-0.39, 0.29) is 29.7 Å². The molecule has 0 unspecified atom stereocenters. The third-order valence-electron chi connectivity index (χ3n) is 7.46. The maximum absolute atomic E-state index is 13.3. The van der Waals surface area contributed by atoms with Gasteiger partial charge >= 0.3 is 6.61 Å². The number of hydrogen-bond donors (Lipinski definition) is 1. The van der Waals surface area contributed by atoms with Gasteiger partial charge in [0.2, 0.25) is 0 Å². The predicted octanol–water partition coefficient (Wildman–Crippen LogP) is 5.19. The number of rotatable bonds is 7. The Balaban J connectivity index is 1.56. The third-order valence-corrected chi connectivity index (χ3v) is 7.46. The molecule has 0 bridgehead atoms. The van der Waals surface area contributed by atoms with Crippen molar-refractivity contribution in [3.05, 3.63) is 76.1 Å². The fourth-order valence-corrected chi connectivity index (χ4v) is 5.32. The van der Waals surface area contributed by atoms with Gasteiger partial charge in [-0.3, -0.25) is 14.2 Å². The van der Waals surface area contributed by atoms with Crippen LogP contribution in [0.15, 0.2) is 53.6 Å². The van der Waals surface area contributed by atoms with Gasteiger partial charge in [0, 0.05) is 36.5 Å². The van der Waals surface area contributed by atoms with E-state index < -0.39 is 12.2 Å². The number of terminal acetylenes is 1. The molecule has 39 heavy (non-hydrogen) atoms. The van der Waals surface area contributed by atoms with E-state index in [4.69, 9.17) is 11.2 Å². The molecule has 0 radical (unpaired) electrons. The zero-order valence-corrected chi connectivity index (χ0v) is 22.1. The van der Waals surface area contributed by atoms with Crippen LogP contribution in [-0.4, -0.2) is 31.0 Å². The van der Waals surface area contributed by atoms with E-state index in [1.807, 2.05) is 24.3 Å². The number of hydrogen-bond acceptors (Lipinski definition) is 5. The number of aromatic nitrogens is 4. The smallest absolute Gasteiger partial charge is 0.387 e. The van der Waals surface area contributed by atoms with Crippen LogP contribution < -0.4 is 10.3 Å². The van der Waals surface area contributed by atoms with Crippen molar-refractivity contribution in [1.82, 2.24) is 19.3 Å². The van der Waals surface area contributed by atoms with Crippen molar-refractivity contribution in [2.24, 2.45) is 13.0 Å². The summed E-state index contributed by atoms with van der Waals surface area (Å²) in [7, 11) is 1.65. The molecule has 0 saturated heterocycles. The zero-order valence-electron chi connectivity index (χ0n) is 22.1. The summed E-state index contributed by atoms with van der Waals surface area (Å²) >= 11 is 0. The minimum atomic E-state index is -2.98. The summed E-state index contributed by atoms with van der Waals surface area (Å²) < 4.78 is 34.7. The van der Waals surface area contributed by atoms with Gasteiger partial charge in [-0.05, 0) is 74.4 Å². The summed E-state index contributed by atoms with van der Waals surface area (Å²) in [4.78, 5) is 21.6. The van der Waals surface area contributed by atoms with Gasteiger partial charge in [-0.25, -0.2) is 9.97 Å². The summed E-state index contributed by atoms with van der Waals surface area (Å²) in [5.74, 6) is 3.65. The molecule has 7 nitrogen and oxygen atoms in total. The van der Waals surface area contributed by atoms with Gasteiger partial charge in [0.1, 0.15) is 11.4 Å². The average molecular weight is 533 g/mol. The van der Waals surface area contributed by atoms with E-state index in [9.17, 15) is 18.7 Å². The number of fused-ring (bicyclic) bond motifs is 1. The van der Waals surface area contributed by atoms with Crippen LogP contribution in [0.3, 0.4) is 0 Å². The quantitative estimate of drug-likeness (QED) is 0.331. The lowest BCUT2D eigenvalue weighted by Gasteiger charge is -2.18. The molecule has 0 aliphatic heterocycles. The molecule has 0 spiro atoms. The molecular formula is C30H30F2N4O3. The monoisotopic (exact) mass is 532 g/mol. The first-order valence-corrected chi connectivity index (χ1v) is 12.8. The predicted molar refractivity (Wildman–Crippen MR) is 145 cm³/mol. The molecule has 2 heterocycles. The minimum absolute atomic E-state index is 0.0707. The molecule has 1 aliphatic carbocycles. The molecule has 202 valence electrons. The van der Waals surface area contributed by atoms with Crippen molar-refractivity contribution in [1.29, 1.82) is 0 Å². The Kier molecular flexibility index (Phi) is 7.00. The molecule has 2 aromatic heterocycles. The van der Waals surface area contributed by atoms with Gasteiger partial charge in [0.15, 0.2) is 5.82 Å². The second-order valence-corrected chi connectivity index (χ2v) is 10.6. The second kappa shape index (κ2) is 10.3. The molecule has 1 fully saturated rings. The molecule has 2 aromatic carbocycles. The molecule has 1 N–H and O–H groups in total. The van der Waals surface area contributed by atoms with Crippen LogP contribution in [0.2, 0.25) is 0 Å². The molecule has 4 aromatic rings. The third kappa shape index (κ3) is 5.30. The Morgan fingerprint density at radius 2 is 1.90 bits per heavy atom. The molecule has 0 amide bonds. The number of halogens is 2. The summed E-state index contributed by atoms with van der Waals surface area (Å²) in [5.41, 5.74) is 2.31. The van der Waals surface area contributed by atoms with Gasteiger partial charge in [0.25, 0.3) is 5.56 Å². The van der Waals surface area contributed by atoms with Crippen molar-refractivity contribution in [3.8, 4) is 29.2 Å². The number of benzene rings is 2. The lowest BCUT2D eigenvalue weighted by molar-refractivity contribution is -0.0505. The molecule has 5 rings (SSSR count). The van der Waals surface area contributed by atoms with Gasteiger partial charge in [-0.15, -0.1) is 12.3 Å². The van der Waals surface area contributed by atoms with Crippen LogP contribution in [0, 0.1) is 18.3 Å². The molecule has 1 saturated carbocycles. The fourth-order valence-electron chi connectivity index (χ4n) is 5.32. The minimum Gasteiger partial charge on any atom is -0.434 e. The lowest BCUT2D eigenvalue weighted by atomic mass is 9.94. The summed E-state index contributed by atoms with van der Waals surface area (Å²) in [6, 6.07) is 10.7. The Bertz CT molecular complexity index is 1610. The highest BCUT2D eigenvalue weighted by Gasteiger charge is 2.26. The maximum atomic E-state index is 13.3. The number of nitrogens with zero attached hydrogens (tertiary/aromatic N) is 4. The van der Waals surface area contributed by atoms with Gasteiger partial charge in [-0.1, -0.05) is 12.1 Å². The van der Waals surface area contributed by atoms with E-state index in [1.165, 1.54) is 4.68 Å². The van der Waals surface area contributed by atoms with Crippen molar-refractivity contribution in [3.63, 3.8) is 0 Å². The SMILES string of the molecule is C#C[C@H]1CC[C@H](c2ccc(OC(F)F)c(Cn3c4cc(-c5cnc(C(C)(C)O)nc5)ccc4c(=O)n3C)c2)C1. The highest BCUT2D eigenvalue weighted by atomic mass is 19.3. The summed E-state index contributed by atoms with van der Waals surface area (Å²) in [5, 5.41) is 10.7. The van der Waals surface area contributed by atoms with Gasteiger partial charge in [0.05, 0.1) is 17.4 Å². The first-order valence-electron chi connectivity index (χ1n) is 12.8. The van der Waals surface area contributed by atoms with E-state index in [1.54, 1.807) is 50.1 Å². The lowest BCUT2D eigenvalue weighted by Crippen LogP contribution is -2.20. The highest BCUT2D eigenvalue weighted by molar-refractivity contribution is 5.84. The Hall–Kier alpha value is -4.03. The first-order chi connectivity index (χ1) is 18.5. The number of alkyl halides is 2. The highest BCUT2D eigenvalue weighted by Crippen LogP contribution is 2.39. The van der Waals surface area contributed by atoms with Crippen LogP contribution in [0.4, 0.5) is 8.78 Å². The average Bonchev–Trinajstić information content (AvgIpc) is 3.48. The molecule has 2 atom stereocenters. The van der Waals surface area contributed by atoms with E-state index in [0.717, 1.165) is 30.4 Å². The normalized spacial score (nSPS) is 17.6. The number of aliphatic hydroxyl groups is 1. The van der Waals surface area contributed by atoms with E-state index >= 15 is 0 Å². The van der Waals surface area contributed by atoms with Crippen LogP contribution in [0.5, 0.6) is 5.75 Å². The fraction of sp³-hybridized carbons (Fsp3) is 0.367. The van der Waals surface area contributed by atoms with Crippen LogP contribution in [-0.2, 0) is 19.2 Å². The zero-order chi connectivity index (χ0) is 27.9.